The van der Waals surface area contributed by atoms with Gasteiger partial charge in [0.2, 0.25) is 0 Å². The number of aromatic nitrogens is 1. The second kappa shape index (κ2) is 8.64. The Morgan fingerprint density at radius 2 is 1.93 bits per heavy atom. The molecule has 1 saturated heterocycles. The third-order valence-corrected chi connectivity index (χ3v) is 7.19. The first-order valence-electron chi connectivity index (χ1n) is 9.55. The van der Waals surface area contributed by atoms with E-state index in [9.17, 15) is 9.00 Å². The maximum atomic E-state index is 12.7. The number of nitrogens with one attached hydrogen (secondary N) is 1. The third-order valence-electron chi connectivity index (χ3n) is 5.39. The van der Waals surface area contributed by atoms with Gasteiger partial charge in [-0.1, -0.05) is 41.9 Å². The Kier molecular flexibility index (Phi) is 5.99. The highest BCUT2D eigenvalue weighted by atomic mass is 35.5. The number of benzene rings is 2. The molecule has 5 nitrogen and oxygen atoms in total. The van der Waals surface area contributed by atoms with Gasteiger partial charge in [-0.25, -0.2) is 4.79 Å². The zero-order valence-corrected chi connectivity index (χ0v) is 17.1. The fourth-order valence-corrected chi connectivity index (χ4v) is 5.39. The van der Waals surface area contributed by atoms with Crippen LogP contribution in [0.1, 0.15) is 18.4 Å². The van der Waals surface area contributed by atoms with Crippen LogP contribution in [-0.4, -0.2) is 39.5 Å². The van der Waals surface area contributed by atoms with Crippen molar-refractivity contribution in [3.63, 3.8) is 0 Å². The zero-order valence-electron chi connectivity index (χ0n) is 15.5. The molecule has 1 unspecified atom stereocenters. The van der Waals surface area contributed by atoms with E-state index in [1.54, 1.807) is 12.1 Å². The second-order valence-corrected chi connectivity index (χ2v) is 9.26. The minimum atomic E-state index is -1.23. The molecule has 0 bridgehead atoms. The van der Waals surface area contributed by atoms with Crippen molar-refractivity contribution >= 4 is 33.5 Å². The maximum absolute atomic E-state index is 12.7. The largest absolute Gasteiger partial charge is 0.417 e. The monoisotopic (exact) mass is 418 g/mol. The lowest BCUT2D eigenvalue weighted by Crippen LogP contribution is -2.36. The average molecular weight is 419 g/mol. The smallest absolute Gasteiger partial charge is 0.408 e. The number of likely N-dealkylation sites (tertiary alicyclic amines) is 1. The SMILES string of the molecule is O=c1[nH]c2cc(Cl)c(S(=O)CCN3CCC(Cc4ccccc4)CC3)cc2o1. The van der Waals surface area contributed by atoms with Crippen LogP contribution in [0, 0.1) is 5.92 Å². The van der Waals surface area contributed by atoms with Gasteiger partial charge in [-0.05, 0) is 49.9 Å². The quantitative estimate of drug-likeness (QED) is 0.660. The number of piperidine rings is 1. The molecule has 1 N–H and O–H groups in total. The summed E-state index contributed by atoms with van der Waals surface area (Å²) in [4.78, 5) is 16.8. The summed E-state index contributed by atoms with van der Waals surface area (Å²) in [6.45, 7) is 2.85. The van der Waals surface area contributed by atoms with Crippen molar-refractivity contribution in [3.05, 3.63) is 63.6 Å². The summed E-state index contributed by atoms with van der Waals surface area (Å²) in [7, 11) is -1.23. The molecule has 0 saturated carbocycles. The molecule has 1 aromatic heterocycles. The summed E-state index contributed by atoms with van der Waals surface area (Å²) in [6.07, 6.45) is 3.48. The van der Waals surface area contributed by atoms with Gasteiger partial charge in [0.15, 0.2) is 5.58 Å². The van der Waals surface area contributed by atoms with Crippen molar-refractivity contribution in [1.29, 1.82) is 0 Å². The first-order chi connectivity index (χ1) is 13.6. The fourth-order valence-electron chi connectivity index (χ4n) is 3.81. The van der Waals surface area contributed by atoms with Crippen LogP contribution in [0.25, 0.3) is 11.1 Å². The Labute approximate surface area is 171 Å². The van der Waals surface area contributed by atoms with Gasteiger partial charge in [0.1, 0.15) is 0 Å². The average Bonchev–Trinajstić information content (AvgIpc) is 3.06. The van der Waals surface area contributed by atoms with E-state index in [1.165, 1.54) is 18.4 Å². The summed E-state index contributed by atoms with van der Waals surface area (Å²) in [5.74, 6) is 0.702. The minimum Gasteiger partial charge on any atom is -0.408 e. The van der Waals surface area contributed by atoms with Crippen molar-refractivity contribution in [1.82, 2.24) is 9.88 Å². The predicted molar refractivity (Wildman–Crippen MR) is 112 cm³/mol. The number of nitrogens with zero attached hydrogens (tertiary/aromatic N) is 1. The molecular weight excluding hydrogens is 396 g/mol. The molecule has 1 aliphatic rings. The lowest BCUT2D eigenvalue weighted by Gasteiger charge is -2.31. The number of H-pyrrole nitrogens is 1. The molecule has 0 aliphatic carbocycles. The number of oxazole rings is 1. The van der Waals surface area contributed by atoms with Crippen molar-refractivity contribution in [3.8, 4) is 0 Å². The molecule has 148 valence electrons. The zero-order chi connectivity index (χ0) is 19.5. The van der Waals surface area contributed by atoms with Gasteiger partial charge in [-0.2, -0.15) is 0 Å². The Morgan fingerprint density at radius 3 is 2.68 bits per heavy atom. The van der Waals surface area contributed by atoms with Crippen LogP contribution >= 0.6 is 11.6 Å². The fraction of sp³-hybridized carbons (Fsp3) is 0.381. The Bertz CT molecular complexity index is 1020. The van der Waals surface area contributed by atoms with Crippen LogP contribution in [0.3, 0.4) is 0 Å². The van der Waals surface area contributed by atoms with Gasteiger partial charge < -0.3 is 9.32 Å². The van der Waals surface area contributed by atoms with Gasteiger partial charge in [0.25, 0.3) is 0 Å². The molecule has 2 heterocycles. The van der Waals surface area contributed by atoms with Crippen LogP contribution in [0.4, 0.5) is 0 Å². The van der Waals surface area contributed by atoms with Gasteiger partial charge in [-0.3, -0.25) is 9.19 Å². The molecule has 3 aromatic rings. The predicted octanol–water partition coefficient (Wildman–Crippen LogP) is 3.84. The van der Waals surface area contributed by atoms with E-state index in [-0.39, 0.29) is 0 Å². The lowest BCUT2D eigenvalue weighted by atomic mass is 9.90. The molecule has 1 aliphatic heterocycles. The Balaban J connectivity index is 1.30. The molecule has 7 heteroatoms. The van der Waals surface area contributed by atoms with E-state index in [0.29, 0.717) is 26.8 Å². The number of halogens is 1. The maximum Gasteiger partial charge on any atom is 0.417 e. The molecule has 4 rings (SSSR count). The molecular formula is C21H23ClN2O3S. The lowest BCUT2D eigenvalue weighted by molar-refractivity contribution is 0.193. The highest BCUT2D eigenvalue weighted by Crippen LogP contribution is 2.26. The number of hydrogen-bond donors (Lipinski definition) is 1. The van der Waals surface area contributed by atoms with Crippen molar-refractivity contribution in [2.45, 2.75) is 24.2 Å². The van der Waals surface area contributed by atoms with Crippen molar-refractivity contribution in [2.24, 2.45) is 5.92 Å². The molecule has 1 fully saturated rings. The van der Waals surface area contributed by atoms with E-state index in [2.05, 4.69) is 40.2 Å². The van der Waals surface area contributed by atoms with Gasteiger partial charge >= 0.3 is 5.76 Å². The first kappa shape index (κ1) is 19.4. The molecule has 2 aromatic carbocycles. The number of hydrogen-bond acceptors (Lipinski definition) is 4. The Morgan fingerprint density at radius 1 is 1.18 bits per heavy atom. The summed E-state index contributed by atoms with van der Waals surface area (Å²) in [5, 5.41) is 0.393. The van der Waals surface area contributed by atoms with Gasteiger partial charge in [-0.15, -0.1) is 0 Å². The summed E-state index contributed by atoms with van der Waals surface area (Å²) < 4.78 is 17.8. The highest BCUT2D eigenvalue weighted by molar-refractivity contribution is 7.85. The van der Waals surface area contributed by atoms with Gasteiger partial charge in [0, 0.05) is 18.4 Å². The summed E-state index contributed by atoms with van der Waals surface area (Å²) in [5.41, 5.74) is 2.32. The summed E-state index contributed by atoms with van der Waals surface area (Å²) in [6, 6.07) is 13.9. The van der Waals surface area contributed by atoms with Crippen molar-refractivity contribution < 1.29 is 8.63 Å². The van der Waals surface area contributed by atoms with E-state index < -0.39 is 16.6 Å². The second-order valence-electron chi connectivity index (χ2n) is 7.32. The van der Waals surface area contributed by atoms with E-state index >= 15 is 0 Å². The minimum absolute atomic E-state index is 0.388. The van der Waals surface area contributed by atoms with E-state index in [1.807, 2.05) is 0 Å². The number of aromatic amines is 1. The van der Waals surface area contributed by atoms with Crippen LogP contribution < -0.4 is 5.76 Å². The van der Waals surface area contributed by atoms with Crippen LogP contribution in [-0.2, 0) is 17.2 Å². The van der Waals surface area contributed by atoms with Crippen LogP contribution in [0.5, 0.6) is 0 Å². The summed E-state index contributed by atoms with van der Waals surface area (Å²) >= 11 is 6.25. The molecule has 28 heavy (non-hydrogen) atoms. The van der Waals surface area contributed by atoms with E-state index in [0.717, 1.165) is 32.0 Å². The molecule has 0 spiro atoms. The molecule has 0 amide bonds. The molecule has 1 atom stereocenters. The van der Waals surface area contributed by atoms with Crippen LogP contribution in [0.2, 0.25) is 5.02 Å². The van der Waals surface area contributed by atoms with Gasteiger partial charge in [0.05, 0.1) is 26.2 Å². The highest BCUT2D eigenvalue weighted by Gasteiger charge is 2.20. The topological polar surface area (TPSA) is 66.3 Å². The number of fused-ring (bicyclic) bond motifs is 1. The first-order valence-corrected chi connectivity index (χ1v) is 11.3. The molecule has 0 radical (unpaired) electrons. The third kappa shape index (κ3) is 4.57. The van der Waals surface area contributed by atoms with Crippen LogP contribution in [0.15, 0.2) is 56.6 Å². The number of rotatable bonds is 6. The van der Waals surface area contributed by atoms with E-state index in [4.69, 9.17) is 16.0 Å². The Hall–Kier alpha value is -1.89. The van der Waals surface area contributed by atoms with Crippen molar-refractivity contribution in [2.75, 3.05) is 25.4 Å². The normalized spacial score (nSPS) is 17.2. The standard InChI is InChI=1S/C21H23ClN2O3S/c22-17-13-18-19(27-21(25)23-18)14-20(17)28(26)11-10-24-8-6-16(7-9-24)12-15-4-2-1-3-5-15/h1-5,13-14,16H,6-12H2,(H,23,25).